The van der Waals surface area contributed by atoms with Crippen LogP contribution in [-0.4, -0.2) is 27.4 Å². The number of para-hydroxylation sites is 2. The molecule has 3 aromatic rings. The fraction of sp³-hybridized carbons (Fsp3) is 0.174. The Morgan fingerprint density at radius 3 is 2.41 bits per heavy atom. The largest absolute Gasteiger partial charge is 0.311 e. The van der Waals surface area contributed by atoms with E-state index in [4.69, 9.17) is 0 Å². The Balaban J connectivity index is 1.69. The van der Waals surface area contributed by atoms with Gasteiger partial charge < -0.3 is 4.90 Å². The second-order valence-electron chi connectivity index (χ2n) is 7.21. The van der Waals surface area contributed by atoms with E-state index in [1.165, 1.54) is 15.3 Å². The van der Waals surface area contributed by atoms with Gasteiger partial charge in [-0.15, -0.1) is 0 Å². The molecule has 0 aliphatic carbocycles. The first kappa shape index (κ1) is 19.2. The van der Waals surface area contributed by atoms with Gasteiger partial charge in [-0.3, -0.25) is 9.10 Å². The average Bonchev–Trinajstić information content (AvgIpc) is 3.09. The summed E-state index contributed by atoms with van der Waals surface area (Å²) in [6.07, 6.45) is 0.671. The molecule has 0 spiro atoms. The van der Waals surface area contributed by atoms with Gasteiger partial charge in [0.25, 0.3) is 15.9 Å². The van der Waals surface area contributed by atoms with Gasteiger partial charge in [-0.1, -0.05) is 42.5 Å². The molecule has 0 saturated carbocycles. The molecule has 1 atom stereocenters. The number of nitrogens with zero attached hydrogens (tertiary/aromatic N) is 2. The molecule has 148 valence electrons. The molecule has 0 radical (unpaired) electrons. The van der Waals surface area contributed by atoms with Crippen molar-refractivity contribution in [1.29, 1.82) is 0 Å². The summed E-state index contributed by atoms with van der Waals surface area (Å²) in [5, 5.41) is 0. The van der Waals surface area contributed by atoms with Crippen LogP contribution in [0.5, 0.6) is 0 Å². The highest BCUT2D eigenvalue weighted by atomic mass is 32.2. The number of anilines is 2. The topological polar surface area (TPSA) is 57.7 Å². The van der Waals surface area contributed by atoms with Gasteiger partial charge in [0.2, 0.25) is 0 Å². The maximum absolute atomic E-state index is 13.4. The molecule has 0 saturated heterocycles. The highest BCUT2D eigenvalue weighted by Crippen LogP contribution is 2.36. The number of benzene rings is 3. The summed E-state index contributed by atoms with van der Waals surface area (Å²) in [4.78, 5) is 14.6. The minimum atomic E-state index is -3.79. The minimum Gasteiger partial charge on any atom is -0.311 e. The summed E-state index contributed by atoms with van der Waals surface area (Å²) in [5.74, 6) is -0.261. The van der Waals surface area contributed by atoms with E-state index >= 15 is 0 Å². The average molecular weight is 407 g/mol. The number of carbonyl (C=O) groups is 1. The number of rotatable bonds is 4. The van der Waals surface area contributed by atoms with Gasteiger partial charge in [-0.05, 0) is 55.3 Å². The number of hydrogen-bond acceptors (Lipinski definition) is 3. The third kappa shape index (κ3) is 3.40. The molecule has 1 heterocycles. The quantitative estimate of drug-likeness (QED) is 0.655. The van der Waals surface area contributed by atoms with Gasteiger partial charge in [0, 0.05) is 24.3 Å². The third-order valence-corrected chi connectivity index (χ3v) is 7.15. The van der Waals surface area contributed by atoms with Crippen LogP contribution in [0, 0.1) is 0 Å². The molecular weight excluding hydrogens is 384 g/mol. The molecule has 1 aliphatic heterocycles. The Hall–Kier alpha value is -3.12. The first-order valence-corrected chi connectivity index (χ1v) is 10.9. The second-order valence-corrected chi connectivity index (χ2v) is 9.03. The van der Waals surface area contributed by atoms with Crippen molar-refractivity contribution in [3.05, 3.63) is 90.0 Å². The first-order chi connectivity index (χ1) is 13.9. The van der Waals surface area contributed by atoms with Crippen LogP contribution in [0.25, 0.3) is 0 Å². The SMILES string of the molecule is CC1Cc2ccccc2N1S(=O)(=O)c1cccc(C(=O)N(C)c2ccccc2)c1. The van der Waals surface area contributed by atoms with Crippen molar-refractivity contribution in [1.82, 2.24) is 0 Å². The smallest absolute Gasteiger partial charge is 0.264 e. The molecule has 0 N–H and O–H groups in total. The minimum absolute atomic E-state index is 0.119. The normalized spacial score (nSPS) is 15.8. The van der Waals surface area contributed by atoms with Gasteiger partial charge >= 0.3 is 0 Å². The van der Waals surface area contributed by atoms with Crippen molar-refractivity contribution in [2.45, 2.75) is 24.3 Å². The summed E-state index contributed by atoms with van der Waals surface area (Å²) in [6.45, 7) is 1.90. The highest BCUT2D eigenvalue weighted by molar-refractivity contribution is 7.92. The fourth-order valence-electron chi connectivity index (χ4n) is 3.77. The molecule has 1 unspecified atom stereocenters. The predicted octanol–water partition coefficient (Wildman–Crippen LogP) is 4.10. The summed E-state index contributed by atoms with van der Waals surface area (Å²) >= 11 is 0. The lowest BCUT2D eigenvalue weighted by Crippen LogP contribution is -2.36. The third-order valence-electron chi connectivity index (χ3n) is 5.23. The van der Waals surface area contributed by atoms with E-state index < -0.39 is 10.0 Å². The van der Waals surface area contributed by atoms with Crippen LogP contribution in [0.15, 0.2) is 83.8 Å². The van der Waals surface area contributed by atoms with Crippen molar-refractivity contribution in [3.8, 4) is 0 Å². The van der Waals surface area contributed by atoms with Crippen molar-refractivity contribution < 1.29 is 13.2 Å². The Bertz CT molecular complexity index is 1160. The lowest BCUT2D eigenvalue weighted by Gasteiger charge is -2.25. The predicted molar refractivity (Wildman–Crippen MR) is 115 cm³/mol. The maximum Gasteiger partial charge on any atom is 0.264 e. The molecule has 5 nitrogen and oxygen atoms in total. The first-order valence-electron chi connectivity index (χ1n) is 9.45. The summed E-state index contributed by atoms with van der Waals surface area (Å²) in [7, 11) is -2.11. The van der Waals surface area contributed by atoms with Crippen molar-refractivity contribution in [3.63, 3.8) is 0 Å². The van der Waals surface area contributed by atoms with Gasteiger partial charge in [0.05, 0.1) is 10.6 Å². The second kappa shape index (κ2) is 7.37. The van der Waals surface area contributed by atoms with Crippen molar-refractivity contribution >= 4 is 27.3 Å². The molecule has 3 aromatic carbocycles. The van der Waals surface area contributed by atoms with Crippen molar-refractivity contribution in [2.75, 3.05) is 16.3 Å². The number of sulfonamides is 1. The highest BCUT2D eigenvalue weighted by Gasteiger charge is 2.36. The zero-order valence-electron chi connectivity index (χ0n) is 16.3. The van der Waals surface area contributed by atoms with Crippen LogP contribution in [-0.2, 0) is 16.4 Å². The van der Waals surface area contributed by atoms with Crippen molar-refractivity contribution in [2.24, 2.45) is 0 Å². The Kier molecular flexibility index (Phi) is 4.88. The van der Waals surface area contributed by atoms with Crippen LogP contribution in [0.1, 0.15) is 22.8 Å². The van der Waals surface area contributed by atoms with Crippen LogP contribution in [0.4, 0.5) is 11.4 Å². The van der Waals surface area contributed by atoms with Crippen LogP contribution < -0.4 is 9.21 Å². The van der Waals surface area contributed by atoms with Gasteiger partial charge in [0.15, 0.2) is 0 Å². The van der Waals surface area contributed by atoms with E-state index in [1.807, 2.05) is 61.5 Å². The maximum atomic E-state index is 13.4. The Morgan fingerprint density at radius 1 is 0.966 bits per heavy atom. The van der Waals surface area contributed by atoms with E-state index in [0.29, 0.717) is 17.7 Å². The molecule has 1 amide bonds. The lowest BCUT2D eigenvalue weighted by molar-refractivity contribution is 0.0993. The number of fused-ring (bicyclic) bond motifs is 1. The Morgan fingerprint density at radius 2 is 1.66 bits per heavy atom. The van der Waals surface area contributed by atoms with Gasteiger partial charge in [-0.2, -0.15) is 0 Å². The molecule has 29 heavy (non-hydrogen) atoms. The number of hydrogen-bond donors (Lipinski definition) is 0. The number of amides is 1. The van der Waals surface area contributed by atoms with Crippen LogP contribution in [0.2, 0.25) is 0 Å². The summed E-state index contributed by atoms with van der Waals surface area (Å²) < 4.78 is 28.3. The molecule has 1 aliphatic rings. The van der Waals surface area contributed by atoms with Crippen LogP contribution >= 0.6 is 0 Å². The van der Waals surface area contributed by atoms with Gasteiger partial charge in [0.1, 0.15) is 0 Å². The fourth-order valence-corrected chi connectivity index (χ4v) is 5.51. The van der Waals surface area contributed by atoms with E-state index in [-0.39, 0.29) is 16.8 Å². The monoisotopic (exact) mass is 406 g/mol. The standard InChI is InChI=1S/C23H22N2O3S/c1-17-15-18-9-6-7-14-22(18)25(17)29(27,28)21-13-8-10-19(16-21)23(26)24(2)20-11-4-3-5-12-20/h3-14,16-17H,15H2,1-2H3. The van der Waals surface area contributed by atoms with Gasteiger partial charge in [-0.25, -0.2) is 8.42 Å². The molecule has 6 heteroatoms. The molecule has 0 fully saturated rings. The zero-order chi connectivity index (χ0) is 20.6. The van der Waals surface area contributed by atoms with E-state index in [9.17, 15) is 13.2 Å². The molecule has 0 bridgehead atoms. The van der Waals surface area contributed by atoms with E-state index in [0.717, 1.165) is 11.3 Å². The molecular formula is C23H22N2O3S. The van der Waals surface area contributed by atoms with Crippen LogP contribution in [0.3, 0.4) is 0 Å². The Labute approximate surface area is 171 Å². The lowest BCUT2D eigenvalue weighted by atomic mass is 10.1. The summed E-state index contributed by atoms with van der Waals surface area (Å²) in [5.41, 5.74) is 2.79. The van der Waals surface area contributed by atoms with E-state index in [1.54, 1.807) is 25.2 Å². The molecule has 0 aromatic heterocycles. The number of carbonyl (C=O) groups excluding carboxylic acids is 1. The van der Waals surface area contributed by atoms with E-state index in [2.05, 4.69) is 0 Å². The summed E-state index contributed by atoms with van der Waals surface area (Å²) in [6, 6.07) is 22.9. The zero-order valence-corrected chi connectivity index (χ0v) is 17.1. The molecule has 4 rings (SSSR count).